The second-order valence-electron chi connectivity index (χ2n) is 3.65. The average Bonchev–Trinajstić information content (AvgIpc) is 2.08. The molecule has 14 heavy (non-hydrogen) atoms. The lowest BCUT2D eigenvalue weighted by atomic mass is 10.2. The minimum atomic E-state index is 0. The van der Waals surface area contributed by atoms with Crippen LogP contribution in [0.1, 0.15) is 19.4 Å². The van der Waals surface area contributed by atoms with E-state index in [0.717, 1.165) is 18.1 Å². The fraction of sp³-hybridized carbons (Fsp3) is 0.455. The first-order chi connectivity index (χ1) is 6.18. The van der Waals surface area contributed by atoms with Gasteiger partial charge in [-0.2, -0.15) is 0 Å². The molecule has 1 aromatic carbocycles. The summed E-state index contributed by atoms with van der Waals surface area (Å²) < 4.78 is 0. The van der Waals surface area contributed by atoms with Gasteiger partial charge in [0.05, 0.1) is 0 Å². The van der Waals surface area contributed by atoms with E-state index in [2.05, 4.69) is 31.3 Å². The molecule has 1 N–H and O–H groups in total. The van der Waals surface area contributed by atoms with Gasteiger partial charge in [0.15, 0.2) is 0 Å². The summed E-state index contributed by atoms with van der Waals surface area (Å²) in [6.45, 7) is 6.39. The maximum Gasteiger partial charge on any atom is 0.0406 e. The molecule has 80 valence electrons. The molecule has 0 aliphatic rings. The van der Waals surface area contributed by atoms with Gasteiger partial charge in [-0.3, -0.25) is 0 Å². The second-order valence-corrected chi connectivity index (χ2v) is 4.09. The van der Waals surface area contributed by atoms with E-state index >= 15 is 0 Å². The molecule has 3 heteroatoms. The van der Waals surface area contributed by atoms with Gasteiger partial charge in [0.25, 0.3) is 0 Å². The highest BCUT2D eigenvalue weighted by atomic mass is 35.5. The number of rotatable bonds is 4. The molecule has 0 aliphatic carbocycles. The van der Waals surface area contributed by atoms with Crippen molar-refractivity contribution in [2.75, 3.05) is 6.54 Å². The van der Waals surface area contributed by atoms with Crippen LogP contribution in [0.3, 0.4) is 0 Å². The highest BCUT2D eigenvalue weighted by molar-refractivity contribution is 6.30. The third-order valence-electron chi connectivity index (χ3n) is 1.79. The van der Waals surface area contributed by atoms with E-state index in [0.29, 0.717) is 5.92 Å². The number of hydrogen-bond acceptors (Lipinski definition) is 1. The van der Waals surface area contributed by atoms with Crippen LogP contribution in [0.5, 0.6) is 0 Å². The zero-order valence-electron chi connectivity index (χ0n) is 8.59. The summed E-state index contributed by atoms with van der Waals surface area (Å²) in [6.07, 6.45) is 0. The fourth-order valence-electron chi connectivity index (χ4n) is 1.11. The van der Waals surface area contributed by atoms with E-state index in [4.69, 9.17) is 11.6 Å². The fourth-order valence-corrected chi connectivity index (χ4v) is 1.23. The lowest BCUT2D eigenvalue weighted by Gasteiger charge is -2.07. The lowest BCUT2D eigenvalue weighted by Crippen LogP contribution is -2.18. The van der Waals surface area contributed by atoms with Crippen molar-refractivity contribution in [2.24, 2.45) is 5.92 Å². The SMILES string of the molecule is CC(C)CNCc1ccc(Cl)cc1.Cl. The van der Waals surface area contributed by atoms with Crippen molar-refractivity contribution in [1.29, 1.82) is 0 Å². The first kappa shape index (κ1) is 13.8. The molecule has 1 rings (SSSR count). The monoisotopic (exact) mass is 233 g/mol. The Morgan fingerprint density at radius 2 is 1.79 bits per heavy atom. The van der Waals surface area contributed by atoms with Crippen molar-refractivity contribution in [2.45, 2.75) is 20.4 Å². The number of hydrogen-bond donors (Lipinski definition) is 1. The quantitative estimate of drug-likeness (QED) is 0.840. The molecule has 0 amide bonds. The largest absolute Gasteiger partial charge is 0.312 e. The summed E-state index contributed by atoms with van der Waals surface area (Å²) in [5, 5.41) is 4.18. The van der Waals surface area contributed by atoms with Crippen molar-refractivity contribution in [3.05, 3.63) is 34.9 Å². The minimum Gasteiger partial charge on any atom is -0.312 e. The Bertz CT molecular complexity index is 244. The lowest BCUT2D eigenvalue weighted by molar-refractivity contribution is 0.552. The molecule has 0 radical (unpaired) electrons. The van der Waals surface area contributed by atoms with Crippen molar-refractivity contribution in [1.82, 2.24) is 5.32 Å². The van der Waals surface area contributed by atoms with Gasteiger partial charge in [-0.25, -0.2) is 0 Å². The summed E-state index contributed by atoms with van der Waals surface area (Å²) >= 11 is 5.78. The Labute approximate surface area is 97.3 Å². The predicted octanol–water partition coefficient (Wildman–Crippen LogP) is 3.51. The summed E-state index contributed by atoms with van der Waals surface area (Å²) in [7, 11) is 0. The molecule has 0 heterocycles. The van der Waals surface area contributed by atoms with Crippen molar-refractivity contribution >= 4 is 24.0 Å². The predicted molar refractivity (Wildman–Crippen MR) is 65.2 cm³/mol. The summed E-state index contributed by atoms with van der Waals surface area (Å²) in [4.78, 5) is 0. The number of benzene rings is 1. The zero-order valence-corrected chi connectivity index (χ0v) is 10.2. The molecule has 0 spiro atoms. The van der Waals surface area contributed by atoms with Crippen LogP contribution in [-0.2, 0) is 6.54 Å². The van der Waals surface area contributed by atoms with Gasteiger partial charge < -0.3 is 5.32 Å². The molecular formula is C11H17Cl2N. The number of halogens is 2. The van der Waals surface area contributed by atoms with Crippen LogP contribution in [0.25, 0.3) is 0 Å². The van der Waals surface area contributed by atoms with Gasteiger partial charge >= 0.3 is 0 Å². The Hall–Kier alpha value is -0.240. The maximum absolute atomic E-state index is 5.78. The van der Waals surface area contributed by atoms with E-state index in [1.54, 1.807) is 0 Å². The maximum atomic E-state index is 5.78. The van der Waals surface area contributed by atoms with Crippen LogP contribution in [0.15, 0.2) is 24.3 Å². The molecule has 1 nitrogen and oxygen atoms in total. The minimum absolute atomic E-state index is 0. The normalized spacial score (nSPS) is 10.0. The first-order valence-electron chi connectivity index (χ1n) is 4.63. The Kier molecular flexibility index (Phi) is 6.98. The van der Waals surface area contributed by atoms with E-state index in [1.165, 1.54) is 5.56 Å². The molecule has 0 aromatic heterocycles. The van der Waals surface area contributed by atoms with Gasteiger partial charge in [-0.1, -0.05) is 37.6 Å². The van der Waals surface area contributed by atoms with Crippen molar-refractivity contribution in [3.8, 4) is 0 Å². The third-order valence-corrected chi connectivity index (χ3v) is 2.05. The molecule has 0 aliphatic heterocycles. The molecule has 0 fully saturated rings. The van der Waals surface area contributed by atoms with E-state index in [9.17, 15) is 0 Å². The van der Waals surface area contributed by atoms with Crippen LogP contribution in [-0.4, -0.2) is 6.54 Å². The standard InChI is InChI=1S/C11H16ClN.ClH/c1-9(2)7-13-8-10-3-5-11(12)6-4-10;/h3-6,9,13H,7-8H2,1-2H3;1H. The van der Waals surface area contributed by atoms with Gasteiger partial charge in [0, 0.05) is 11.6 Å². The molecule has 0 saturated carbocycles. The van der Waals surface area contributed by atoms with E-state index in [-0.39, 0.29) is 12.4 Å². The van der Waals surface area contributed by atoms with Crippen LogP contribution in [0.2, 0.25) is 5.02 Å². The average molecular weight is 234 g/mol. The highest BCUT2D eigenvalue weighted by Gasteiger charge is 1.94. The molecular weight excluding hydrogens is 217 g/mol. The molecule has 0 bridgehead atoms. The molecule has 0 unspecified atom stereocenters. The number of nitrogens with one attached hydrogen (secondary N) is 1. The Morgan fingerprint density at radius 1 is 1.21 bits per heavy atom. The van der Waals surface area contributed by atoms with Crippen molar-refractivity contribution < 1.29 is 0 Å². The van der Waals surface area contributed by atoms with Crippen molar-refractivity contribution in [3.63, 3.8) is 0 Å². The molecule has 0 atom stereocenters. The van der Waals surface area contributed by atoms with Crippen LogP contribution in [0.4, 0.5) is 0 Å². The van der Waals surface area contributed by atoms with Gasteiger partial charge in [0.2, 0.25) is 0 Å². The topological polar surface area (TPSA) is 12.0 Å². The smallest absolute Gasteiger partial charge is 0.0406 e. The molecule has 0 saturated heterocycles. The van der Waals surface area contributed by atoms with Gasteiger partial charge in [-0.15, -0.1) is 12.4 Å². The van der Waals surface area contributed by atoms with E-state index in [1.807, 2.05) is 12.1 Å². The van der Waals surface area contributed by atoms with E-state index < -0.39 is 0 Å². The third kappa shape index (κ3) is 5.48. The van der Waals surface area contributed by atoms with Crippen LogP contribution < -0.4 is 5.32 Å². The highest BCUT2D eigenvalue weighted by Crippen LogP contribution is 2.09. The zero-order chi connectivity index (χ0) is 9.68. The Balaban J connectivity index is 0.00000169. The van der Waals surface area contributed by atoms with Crippen LogP contribution >= 0.6 is 24.0 Å². The second kappa shape index (κ2) is 7.10. The summed E-state index contributed by atoms with van der Waals surface area (Å²) in [5.74, 6) is 0.701. The van der Waals surface area contributed by atoms with Gasteiger partial charge in [-0.05, 0) is 30.2 Å². The summed E-state index contributed by atoms with van der Waals surface area (Å²) in [5.41, 5.74) is 1.28. The van der Waals surface area contributed by atoms with Crippen LogP contribution in [0, 0.1) is 5.92 Å². The Morgan fingerprint density at radius 3 is 2.29 bits per heavy atom. The molecule has 1 aromatic rings. The summed E-state index contributed by atoms with van der Waals surface area (Å²) in [6, 6.07) is 7.95. The first-order valence-corrected chi connectivity index (χ1v) is 5.01. The van der Waals surface area contributed by atoms with Gasteiger partial charge in [0.1, 0.15) is 0 Å².